The number of nitrogens with zero attached hydrogens (tertiary/aromatic N) is 5. The molecular weight excluding hydrogens is 407 g/mol. The molecule has 2 saturated heterocycles. The molecule has 0 radical (unpaired) electrons. The van der Waals surface area contributed by atoms with Gasteiger partial charge in [0.1, 0.15) is 5.82 Å². The van der Waals surface area contributed by atoms with Gasteiger partial charge in [-0.25, -0.2) is 0 Å². The molecule has 0 spiro atoms. The predicted octanol–water partition coefficient (Wildman–Crippen LogP) is 5.21. The van der Waals surface area contributed by atoms with Gasteiger partial charge in [-0.3, -0.25) is 5.43 Å². The SMILES string of the molecule is Clc1ccc(C=NNc2cc(N3CCCCC3)nc(N3CCCCC3)n2)c(Cl)c1. The Hall–Kier alpha value is -2.05. The Morgan fingerprint density at radius 3 is 2.24 bits per heavy atom. The Bertz CT molecular complexity index is 824. The fourth-order valence-corrected chi connectivity index (χ4v) is 4.23. The standard InChI is InChI=1S/C21H26Cl2N6/c22-17-8-7-16(18(23)13-17)15-24-27-19-14-20(28-9-3-1-4-10-28)26-21(25-19)29-11-5-2-6-12-29/h7-8,13-15H,1-6,9-12H2,(H,25,26,27). The van der Waals surface area contributed by atoms with E-state index in [1.54, 1.807) is 18.3 Å². The largest absolute Gasteiger partial charge is 0.356 e. The van der Waals surface area contributed by atoms with E-state index in [4.69, 9.17) is 33.2 Å². The first-order valence-electron chi connectivity index (χ1n) is 10.3. The second-order valence-corrected chi connectivity index (χ2v) is 8.39. The van der Waals surface area contributed by atoms with Crippen LogP contribution in [0.5, 0.6) is 0 Å². The van der Waals surface area contributed by atoms with Crippen molar-refractivity contribution >= 4 is 47.0 Å². The van der Waals surface area contributed by atoms with Crippen molar-refractivity contribution in [3.63, 3.8) is 0 Å². The summed E-state index contributed by atoms with van der Waals surface area (Å²) in [5.74, 6) is 2.46. The molecule has 1 aromatic carbocycles. The lowest BCUT2D eigenvalue weighted by Gasteiger charge is -2.31. The Kier molecular flexibility index (Phi) is 6.72. The molecule has 2 aromatic rings. The van der Waals surface area contributed by atoms with Gasteiger partial charge in [-0.2, -0.15) is 15.1 Å². The van der Waals surface area contributed by atoms with Crippen LogP contribution in [-0.2, 0) is 0 Å². The van der Waals surface area contributed by atoms with Crippen LogP contribution in [0.4, 0.5) is 17.6 Å². The van der Waals surface area contributed by atoms with Crippen LogP contribution in [0.2, 0.25) is 10.0 Å². The van der Waals surface area contributed by atoms with E-state index in [9.17, 15) is 0 Å². The van der Waals surface area contributed by atoms with Crippen LogP contribution in [0.15, 0.2) is 29.4 Å². The minimum atomic E-state index is 0.564. The van der Waals surface area contributed by atoms with Crippen LogP contribution >= 0.6 is 23.2 Å². The van der Waals surface area contributed by atoms with Gasteiger partial charge in [-0.05, 0) is 50.7 Å². The van der Waals surface area contributed by atoms with E-state index < -0.39 is 0 Å². The van der Waals surface area contributed by atoms with Crippen LogP contribution in [0, 0.1) is 0 Å². The molecular formula is C21H26Cl2N6. The smallest absolute Gasteiger partial charge is 0.229 e. The summed E-state index contributed by atoms with van der Waals surface area (Å²) < 4.78 is 0. The summed E-state index contributed by atoms with van der Waals surface area (Å²) in [6.07, 6.45) is 9.04. The van der Waals surface area contributed by atoms with Crippen LogP contribution in [-0.4, -0.2) is 42.4 Å². The van der Waals surface area contributed by atoms with E-state index in [-0.39, 0.29) is 0 Å². The maximum atomic E-state index is 6.22. The highest BCUT2D eigenvalue weighted by molar-refractivity contribution is 6.36. The third-order valence-electron chi connectivity index (χ3n) is 5.37. The van der Waals surface area contributed by atoms with Gasteiger partial charge in [0.2, 0.25) is 5.95 Å². The van der Waals surface area contributed by atoms with Crippen molar-refractivity contribution in [1.29, 1.82) is 0 Å². The summed E-state index contributed by atoms with van der Waals surface area (Å²) in [4.78, 5) is 14.2. The van der Waals surface area contributed by atoms with Gasteiger partial charge in [0, 0.05) is 42.8 Å². The normalized spacial score (nSPS) is 17.7. The molecule has 4 rings (SSSR count). The summed E-state index contributed by atoms with van der Waals surface area (Å²) >= 11 is 12.2. The number of benzene rings is 1. The van der Waals surface area contributed by atoms with Gasteiger partial charge >= 0.3 is 0 Å². The fourth-order valence-electron chi connectivity index (χ4n) is 3.77. The second-order valence-electron chi connectivity index (χ2n) is 7.54. The van der Waals surface area contributed by atoms with Gasteiger partial charge in [0.15, 0.2) is 5.82 Å². The highest BCUT2D eigenvalue weighted by Gasteiger charge is 2.19. The van der Waals surface area contributed by atoms with Crippen molar-refractivity contribution in [2.24, 2.45) is 5.10 Å². The fraction of sp³-hybridized carbons (Fsp3) is 0.476. The Labute approximate surface area is 181 Å². The molecule has 1 aromatic heterocycles. The average molecular weight is 433 g/mol. The molecule has 3 heterocycles. The van der Waals surface area contributed by atoms with Gasteiger partial charge in [-0.1, -0.05) is 29.3 Å². The number of anilines is 3. The average Bonchev–Trinajstić information content (AvgIpc) is 2.76. The zero-order chi connectivity index (χ0) is 20.1. The molecule has 0 unspecified atom stereocenters. The molecule has 0 atom stereocenters. The number of piperidine rings is 2. The molecule has 0 amide bonds. The highest BCUT2D eigenvalue weighted by atomic mass is 35.5. The van der Waals surface area contributed by atoms with Crippen LogP contribution in [0.1, 0.15) is 44.1 Å². The van der Waals surface area contributed by atoms with Crippen LogP contribution < -0.4 is 15.2 Å². The third kappa shape index (κ3) is 5.31. The van der Waals surface area contributed by atoms with E-state index in [2.05, 4.69) is 20.3 Å². The summed E-state index contributed by atoms with van der Waals surface area (Å²) in [6, 6.07) is 7.33. The van der Waals surface area contributed by atoms with Crippen molar-refractivity contribution in [2.45, 2.75) is 38.5 Å². The first-order valence-corrected chi connectivity index (χ1v) is 11.1. The van der Waals surface area contributed by atoms with Gasteiger partial charge in [0.05, 0.1) is 11.2 Å². The quantitative estimate of drug-likeness (QED) is 0.518. The van der Waals surface area contributed by atoms with Crippen molar-refractivity contribution in [3.05, 3.63) is 39.9 Å². The zero-order valence-electron chi connectivity index (χ0n) is 16.4. The minimum absolute atomic E-state index is 0.564. The molecule has 6 nitrogen and oxygen atoms in total. The van der Waals surface area contributed by atoms with E-state index in [0.717, 1.165) is 43.5 Å². The number of hydrogen-bond acceptors (Lipinski definition) is 6. The van der Waals surface area contributed by atoms with Crippen molar-refractivity contribution in [3.8, 4) is 0 Å². The summed E-state index contributed by atoms with van der Waals surface area (Å²) in [5, 5.41) is 5.51. The lowest BCUT2D eigenvalue weighted by Crippen LogP contribution is -2.33. The molecule has 29 heavy (non-hydrogen) atoms. The lowest BCUT2D eigenvalue weighted by atomic mass is 10.1. The van der Waals surface area contributed by atoms with Gasteiger partial charge in [0.25, 0.3) is 0 Å². The number of hydrogen-bond donors (Lipinski definition) is 1. The number of rotatable bonds is 5. The first kappa shape index (κ1) is 20.2. The van der Waals surface area contributed by atoms with E-state index in [1.165, 1.54) is 38.5 Å². The second kappa shape index (κ2) is 9.63. The summed E-state index contributed by atoms with van der Waals surface area (Å²) in [5.41, 5.74) is 3.86. The maximum absolute atomic E-state index is 6.22. The molecule has 0 aliphatic carbocycles. The lowest BCUT2D eigenvalue weighted by molar-refractivity contribution is 0.561. The Morgan fingerprint density at radius 1 is 0.862 bits per heavy atom. The van der Waals surface area contributed by atoms with Crippen LogP contribution in [0.25, 0.3) is 0 Å². The van der Waals surface area contributed by atoms with Crippen molar-refractivity contribution < 1.29 is 0 Å². The molecule has 2 aliphatic rings. The zero-order valence-corrected chi connectivity index (χ0v) is 18.0. The molecule has 8 heteroatoms. The minimum Gasteiger partial charge on any atom is -0.356 e. The molecule has 0 bridgehead atoms. The van der Waals surface area contributed by atoms with Gasteiger partial charge < -0.3 is 9.80 Å². The number of halogens is 2. The number of aromatic nitrogens is 2. The number of hydrazone groups is 1. The molecule has 2 aliphatic heterocycles. The van der Waals surface area contributed by atoms with E-state index >= 15 is 0 Å². The topological polar surface area (TPSA) is 56.7 Å². The van der Waals surface area contributed by atoms with Crippen molar-refractivity contribution in [2.75, 3.05) is 41.4 Å². The maximum Gasteiger partial charge on any atom is 0.229 e. The summed E-state index contributed by atoms with van der Waals surface area (Å²) in [7, 11) is 0. The molecule has 154 valence electrons. The third-order valence-corrected chi connectivity index (χ3v) is 5.93. The monoisotopic (exact) mass is 432 g/mol. The van der Waals surface area contributed by atoms with E-state index in [0.29, 0.717) is 15.9 Å². The van der Waals surface area contributed by atoms with Gasteiger partial charge in [-0.15, -0.1) is 0 Å². The van der Waals surface area contributed by atoms with Crippen molar-refractivity contribution in [1.82, 2.24) is 9.97 Å². The van der Waals surface area contributed by atoms with Crippen LogP contribution in [0.3, 0.4) is 0 Å². The Balaban J connectivity index is 1.56. The summed E-state index contributed by atoms with van der Waals surface area (Å²) in [6.45, 7) is 4.10. The molecule has 2 fully saturated rings. The first-order chi connectivity index (χ1) is 14.2. The van der Waals surface area contributed by atoms with E-state index in [1.807, 2.05) is 12.1 Å². The Morgan fingerprint density at radius 2 is 1.55 bits per heavy atom. The molecule has 1 N–H and O–H groups in total. The number of nitrogens with one attached hydrogen (secondary N) is 1. The molecule has 0 saturated carbocycles. The predicted molar refractivity (Wildman–Crippen MR) is 122 cm³/mol. The highest BCUT2D eigenvalue weighted by Crippen LogP contribution is 2.25.